The number of aryl methyl sites for hydroxylation is 2. The average Bonchev–Trinajstić information content (AvgIpc) is 2.89. The molecular formula is C14H16N4. The third-order valence-electron chi connectivity index (χ3n) is 2.83. The Labute approximate surface area is 107 Å². The number of hydrogen-bond acceptors (Lipinski definition) is 3. The standard InChI is InChI=1S/C14H16N4/c1-12-3-4-13(10-15)9-14(12)17-5-2-7-18-8-6-16-11-18/h3-4,6,8-9,11,17H,2,5,7H2,1H3. The molecule has 0 saturated heterocycles. The van der Waals surface area contributed by atoms with Crippen molar-refractivity contribution in [3.05, 3.63) is 48.0 Å². The number of hydrogen-bond donors (Lipinski definition) is 1. The molecule has 0 atom stereocenters. The van der Waals surface area contributed by atoms with Crippen LogP contribution in [0.2, 0.25) is 0 Å². The second-order valence-electron chi connectivity index (χ2n) is 4.22. The predicted octanol–water partition coefficient (Wildman–Crippen LogP) is 2.57. The molecule has 1 aromatic heterocycles. The number of benzene rings is 1. The van der Waals surface area contributed by atoms with Crippen molar-refractivity contribution in [2.24, 2.45) is 0 Å². The summed E-state index contributed by atoms with van der Waals surface area (Å²) in [6.45, 7) is 3.87. The molecule has 4 nitrogen and oxygen atoms in total. The van der Waals surface area contributed by atoms with Gasteiger partial charge in [-0.3, -0.25) is 0 Å². The van der Waals surface area contributed by atoms with E-state index in [1.165, 1.54) is 0 Å². The van der Waals surface area contributed by atoms with Crippen LogP contribution in [0, 0.1) is 18.3 Å². The number of aromatic nitrogens is 2. The van der Waals surface area contributed by atoms with Gasteiger partial charge in [-0.2, -0.15) is 5.26 Å². The minimum Gasteiger partial charge on any atom is -0.385 e. The molecule has 92 valence electrons. The summed E-state index contributed by atoms with van der Waals surface area (Å²) in [7, 11) is 0. The lowest BCUT2D eigenvalue weighted by Gasteiger charge is -2.10. The Kier molecular flexibility index (Phi) is 3.98. The second kappa shape index (κ2) is 5.87. The minimum atomic E-state index is 0.692. The van der Waals surface area contributed by atoms with Gasteiger partial charge < -0.3 is 9.88 Å². The molecule has 18 heavy (non-hydrogen) atoms. The van der Waals surface area contributed by atoms with Crippen LogP contribution in [0.5, 0.6) is 0 Å². The first-order valence-electron chi connectivity index (χ1n) is 6.00. The lowest BCUT2D eigenvalue weighted by Crippen LogP contribution is -2.06. The van der Waals surface area contributed by atoms with Crippen LogP contribution in [0.3, 0.4) is 0 Å². The first-order valence-corrected chi connectivity index (χ1v) is 6.00. The van der Waals surface area contributed by atoms with Crippen LogP contribution in [0.4, 0.5) is 5.69 Å². The SMILES string of the molecule is Cc1ccc(C#N)cc1NCCCn1ccnc1. The average molecular weight is 240 g/mol. The van der Waals surface area contributed by atoms with Crippen molar-refractivity contribution in [1.82, 2.24) is 9.55 Å². The second-order valence-corrected chi connectivity index (χ2v) is 4.22. The fourth-order valence-corrected chi connectivity index (χ4v) is 1.79. The summed E-state index contributed by atoms with van der Waals surface area (Å²) in [5, 5.41) is 12.2. The third-order valence-corrected chi connectivity index (χ3v) is 2.83. The molecule has 2 rings (SSSR count). The van der Waals surface area contributed by atoms with Crippen molar-refractivity contribution in [2.75, 3.05) is 11.9 Å². The van der Waals surface area contributed by atoms with E-state index in [2.05, 4.69) is 20.9 Å². The highest BCUT2D eigenvalue weighted by molar-refractivity contribution is 5.55. The number of nitrogens with zero attached hydrogens (tertiary/aromatic N) is 3. The molecule has 0 fully saturated rings. The molecule has 0 spiro atoms. The highest BCUT2D eigenvalue weighted by atomic mass is 15.0. The Morgan fingerprint density at radius 3 is 3.06 bits per heavy atom. The van der Waals surface area contributed by atoms with E-state index in [0.717, 1.165) is 30.8 Å². The van der Waals surface area contributed by atoms with Crippen molar-refractivity contribution < 1.29 is 0 Å². The van der Waals surface area contributed by atoms with Crippen LogP contribution in [0.25, 0.3) is 0 Å². The van der Waals surface area contributed by atoms with E-state index in [1.807, 2.05) is 37.6 Å². The van der Waals surface area contributed by atoms with Gasteiger partial charge in [0.2, 0.25) is 0 Å². The summed E-state index contributed by atoms with van der Waals surface area (Å²) in [4.78, 5) is 4.00. The third kappa shape index (κ3) is 3.11. The van der Waals surface area contributed by atoms with Gasteiger partial charge in [0.25, 0.3) is 0 Å². The van der Waals surface area contributed by atoms with Gasteiger partial charge in [-0.05, 0) is 31.0 Å². The molecule has 0 saturated carbocycles. The van der Waals surface area contributed by atoms with Crippen LogP contribution in [-0.4, -0.2) is 16.1 Å². The van der Waals surface area contributed by atoms with E-state index < -0.39 is 0 Å². The molecule has 0 bridgehead atoms. The maximum absolute atomic E-state index is 8.86. The van der Waals surface area contributed by atoms with Gasteiger partial charge in [0.15, 0.2) is 0 Å². The summed E-state index contributed by atoms with van der Waals surface area (Å²) in [6.07, 6.45) is 6.59. The van der Waals surface area contributed by atoms with Crippen LogP contribution < -0.4 is 5.32 Å². The summed E-state index contributed by atoms with van der Waals surface area (Å²) < 4.78 is 2.06. The Morgan fingerprint density at radius 1 is 1.44 bits per heavy atom. The summed E-state index contributed by atoms with van der Waals surface area (Å²) in [6, 6.07) is 7.86. The zero-order valence-electron chi connectivity index (χ0n) is 10.4. The normalized spacial score (nSPS) is 10.0. The van der Waals surface area contributed by atoms with Crippen LogP contribution in [-0.2, 0) is 6.54 Å². The molecule has 1 heterocycles. The quantitative estimate of drug-likeness (QED) is 0.817. The maximum Gasteiger partial charge on any atom is 0.0992 e. The van der Waals surface area contributed by atoms with E-state index in [4.69, 9.17) is 5.26 Å². The van der Waals surface area contributed by atoms with Gasteiger partial charge in [-0.1, -0.05) is 6.07 Å². The Morgan fingerprint density at radius 2 is 2.33 bits per heavy atom. The zero-order valence-corrected chi connectivity index (χ0v) is 10.4. The topological polar surface area (TPSA) is 53.6 Å². The molecule has 0 radical (unpaired) electrons. The Bertz CT molecular complexity index is 537. The lowest BCUT2D eigenvalue weighted by atomic mass is 10.1. The highest BCUT2D eigenvalue weighted by Gasteiger charge is 1.99. The number of nitrogens with one attached hydrogen (secondary N) is 1. The highest BCUT2D eigenvalue weighted by Crippen LogP contribution is 2.16. The van der Waals surface area contributed by atoms with Gasteiger partial charge in [0.05, 0.1) is 18.0 Å². The zero-order chi connectivity index (χ0) is 12.8. The van der Waals surface area contributed by atoms with Gasteiger partial charge in [-0.25, -0.2) is 4.98 Å². The first kappa shape index (κ1) is 12.2. The van der Waals surface area contributed by atoms with Crippen molar-refractivity contribution in [3.63, 3.8) is 0 Å². The van der Waals surface area contributed by atoms with Crippen LogP contribution in [0.1, 0.15) is 17.5 Å². The Balaban J connectivity index is 1.85. The molecule has 0 amide bonds. The van der Waals surface area contributed by atoms with Gasteiger partial charge in [-0.15, -0.1) is 0 Å². The molecule has 2 aromatic rings. The van der Waals surface area contributed by atoms with Crippen LogP contribution >= 0.6 is 0 Å². The molecule has 4 heteroatoms. The maximum atomic E-state index is 8.86. The largest absolute Gasteiger partial charge is 0.385 e. The van der Waals surface area contributed by atoms with E-state index in [9.17, 15) is 0 Å². The van der Waals surface area contributed by atoms with Gasteiger partial charge >= 0.3 is 0 Å². The van der Waals surface area contributed by atoms with E-state index in [-0.39, 0.29) is 0 Å². The van der Waals surface area contributed by atoms with Crippen molar-refractivity contribution in [3.8, 4) is 6.07 Å². The van der Waals surface area contributed by atoms with E-state index >= 15 is 0 Å². The number of anilines is 1. The smallest absolute Gasteiger partial charge is 0.0992 e. The predicted molar refractivity (Wildman–Crippen MR) is 71.2 cm³/mol. The summed E-state index contributed by atoms with van der Waals surface area (Å²) in [5.74, 6) is 0. The van der Waals surface area contributed by atoms with Crippen LogP contribution in [0.15, 0.2) is 36.9 Å². The van der Waals surface area contributed by atoms with E-state index in [1.54, 1.807) is 6.20 Å². The van der Waals surface area contributed by atoms with Crippen molar-refractivity contribution >= 4 is 5.69 Å². The molecule has 1 N–H and O–H groups in total. The fraction of sp³-hybridized carbons (Fsp3) is 0.286. The summed E-state index contributed by atoms with van der Waals surface area (Å²) >= 11 is 0. The lowest BCUT2D eigenvalue weighted by molar-refractivity contribution is 0.660. The molecule has 0 unspecified atom stereocenters. The number of imidazole rings is 1. The molecular weight excluding hydrogens is 224 g/mol. The van der Waals surface area contributed by atoms with Crippen molar-refractivity contribution in [2.45, 2.75) is 19.9 Å². The number of rotatable bonds is 5. The molecule has 0 aliphatic heterocycles. The fourth-order valence-electron chi connectivity index (χ4n) is 1.79. The van der Waals surface area contributed by atoms with Crippen molar-refractivity contribution in [1.29, 1.82) is 5.26 Å². The van der Waals surface area contributed by atoms with Gasteiger partial charge in [0, 0.05) is 31.2 Å². The first-order chi connectivity index (χ1) is 8.79. The number of nitriles is 1. The molecule has 0 aliphatic carbocycles. The van der Waals surface area contributed by atoms with Gasteiger partial charge in [0.1, 0.15) is 0 Å². The minimum absolute atomic E-state index is 0.692. The Hall–Kier alpha value is -2.28. The summed E-state index contributed by atoms with van der Waals surface area (Å²) in [5.41, 5.74) is 2.90. The molecule has 0 aliphatic rings. The monoisotopic (exact) mass is 240 g/mol. The van der Waals surface area contributed by atoms with E-state index in [0.29, 0.717) is 5.56 Å². The molecule has 1 aromatic carbocycles.